The number of pyridine rings is 1. The molecule has 2 aromatic rings. The predicted octanol–water partition coefficient (Wildman–Crippen LogP) is 2.41. The number of aromatic nitrogens is 1. The first-order valence-corrected chi connectivity index (χ1v) is 7.73. The molecule has 4 heteroatoms. The fourth-order valence-electron chi connectivity index (χ4n) is 3.26. The van der Waals surface area contributed by atoms with Crippen LogP contribution in [0.4, 0.5) is 5.82 Å². The molecule has 0 spiro atoms. The van der Waals surface area contributed by atoms with Gasteiger partial charge in [-0.3, -0.25) is 4.90 Å². The van der Waals surface area contributed by atoms with Gasteiger partial charge in [0, 0.05) is 30.6 Å². The van der Waals surface area contributed by atoms with Crippen LogP contribution in [-0.4, -0.2) is 34.7 Å². The molecule has 0 bridgehead atoms. The topological polar surface area (TPSA) is 62.4 Å². The molecule has 2 heterocycles. The summed E-state index contributed by atoms with van der Waals surface area (Å²) < 4.78 is 0. The first-order chi connectivity index (χ1) is 10.3. The molecule has 3 N–H and O–H groups in total. The molecule has 1 aromatic carbocycles. The van der Waals surface area contributed by atoms with Gasteiger partial charge in [0.05, 0.1) is 5.52 Å². The first-order valence-electron chi connectivity index (χ1n) is 7.73. The van der Waals surface area contributed by atoms with E-state index in [0.717, 1.165) is 42.5 Å². The number of rotatable bonds is 4. The average molecular weight is 285 g/mol. The Morgan fingerprint density at radius 3 is 3.05 bits per heavy atom. The number of benzene rings is 1. The van der Waals surface area contributed by atoms with E-state index >= 15 is 0 Å². The van der Waals surface area contributed by atoms with E-state index in [-0.39, 0.29) is 6.61 Å². The highest BCUT2D eigenvalue weighted by Crippen LogP contribution is 2.24. The summed E-state index contributed by atoms with van der Waals surface area (Å²) in [5.41, 5.74) is 8.18. The Morgan fingerprint density at radius 2 is 2.19 bits per heavy atom. The van der Waals surface area contributed by atoms with Gasteiger partial charge in [0.1, 0.15) is 5.82 Å². The van der Waals surface area contributed by atoms with Crippen LogP contribution in [0, 0.1) is 5.92 Å². The number of piperidine rings is 1. The lowest BCUT2D eigenvalue weighted by molar-refractivity contribution is 0.142. The predicted molar refractivity (Wildman–Crippen MR) is 85.9 cm³/mol. The Kier molecular flexibility index (Phi) is 4.36. The van der Waals surface area contributed by atoms with Crippen LogP contribution in [0.3, 0.4) is 0 Å². The summed E-state index contributed by atoms with van der Waals surface area (Å²) in [4.78, 5) is 6.94. The molecule has 0 saturated carbocycles. The highest BCUT2D eigenvalue weighted by atomic mass is 16.3. The van der Waals surface area contributed by atoms with Crippen LogP contribution in [0.15, 0.2) is 30.3 Å². The largest absolute Gasteiger partial charge is 0.396 e. The SMILES string of the molecule is Nc1nc2ccccc2cc1CN1CCCC(CCO)C1. The quantitative estimate of drug-likeness (QED) is 0.905. The van der Waals surface area contributed by atoms with E-state index < -0.39 is 0 Å². The second-order valence-electron chi connectivity index (χ2n) is 5.98. The molecule has 1 aliphatic rings. The van der Waals surface area contributed by atoms with Gasteiger partial charge in [0.15, 0.2) is 0 Å². The Morgan fingerprint density at radius 1 is 1.33 bits per heavy atom. The number of anilines is 1. The standard InChI is InChI=1S/C17H23N3O/c18-17-15(10-14-5-1-2-6-16(14)19-17)12-20-8-3-4-13(11-20)7-9-21/h1-2,5-6,10,13,21H,3-4,7-9,11-12H2,(H2,18,19). The monoisotopic (exact) mass is 285 g/mol. The van der Waals surface area contributed by atoms with Crippen molar-refractivity contribution < 1.29 is 5.11 Å². The van der Waals surface area contributed by atoms with Gasteiger partial charge in [-0.05, 0) is 43.9 Å². The Balaban J connectivity index is 1.76. The number of aliphatic hydroxyl groups is 1. The van der Waals surface area contributed by atoms with E-state index in [1.54, 1.807) is 0 Å². The molecule has 3 rings (SSSR count). The number of nitrogen functional groups attached to an aromatic ring is 1. The van der Waals surface area contributed by atoms with E-state index in [0.29, 0.717) is 11.7 Å². The third-order valence-corrected chi connectivity index (χ3v) is 4.37. The second kappa shape index (κ2) is 6.41. The zero-order valence-corrected chi connectivity index (χ0v) is 12.3. The number of para-hydroxylation sites is 1. The van der Waals surface area contributed by atoms with Gasteiger partial charge in [-0.15, -0.1) is 0 Å². The smallest absolute Gasteiger partial charge is 0.128 e. The molecule has 1 atom stereocenters. The van der Waals surface area contributed by atoms with Crippen LogP contribution < -0.4 is 5.73 Å². The van der Waals surface area contributed by atoms with Gasteiger partial charge in [-0.25, -0.2) is 4.98 Å². The lowest BCUT2D eigenvalue weighted by Crippen LogP contribution is -2.35. The summed E-state index contributed by atoms with van der Waals surface area (Å²) in [7, 11) is 0. The van der Waals surface area contributed by atoms with E-state index in [2.05, 4.69) is 22.0 Å². The van der Waals surface area contributed by atoms with Gasteiger partial charge in [0.2, 0.25) is 0 Å². The van der Waals surface area contributed by atoms with Crippen molar-refractivity contribution in [2.45, 2.75) is 25.8 Å². The molecule has 0 amide bonds. The number of fused-ring (bicyclic) bond motifs is 1. The van der Waals surface area contributed by atoms with Crippen molar-refractivity contribution in [3.05, 3.63) is 35.9 Å². The number of hydrogen-bond acceptors (Lipinski definition) is 4. The summed E-state index contributed by atoms with van der Waals surface area (Å²) >= 11 is 0. The van der Waals surface area contributed by atoms with Crippen molar-refractivity contribution in [3.63, 3.8) is 0 Å². The fourth-order valence-corrected chi connectivity index (χ4v) is 3.26. The minimum Gasteiger partial charge on any atom is -0.396 e. The minimum absolute atomic E-state index is 0.290. The summed E-state index contributed by atoms with van der Waals surface area (Å²) in [6.07, 6.45) is 3.33. The van der Waals surface area contributed by atoms with E-state index in [9.17, 15) is 0 Å². The molecule has 1 aromatic heterocycles. The summed E-state index contributed by atoms with van der Waals surface area (Å²) in [5.74, 6) is 1.25. The lowest BCUT2D eigenvalue weighted by atomic mass is 9.95. The molecule has 0 aliphatic carbocycles. The number of aliphatic hydroxyl groups excluding tert-OH is 1. The van der Waals surface area contributed by atoms with Crippen molar-refractivity contribution in [2.24, 2.45) is 5.92 Å². The van der Waals surface area contributed by atoms with Gasteiger partial charge >= 0.3 is 0 Å². The summed E-state index contributed by atoms with van der Waals surface area (Å²) in [6.45, 7) is 3.30. The molecule has 0 radical (unpaired) electrons. The lowest BCUT2D eigenvalue weighted by Gasteiger charge is -2.32. The normalized spacial score (nSPS) is 20.0. The number of hydrogen-bond donors (Lipinski definition) is 2. The minimum atomic E-state index is 0.290. The molecule has 1 fully saturated rings. The molecule has 21 heavy (non-hydrogen) atoms. The Labute approximate surface area is 125 Å². The number of nitrogens with two attached hydrogens (primary N) is 1. The molecular formula is C17H23N3O. The van der Waals surface area contributed by atoms with Crippen molar-refractivity contribution >= 4 is 16.7 Å². The second-order valence-corrected chi connectivity index (χ2v) is 5.98. The first kappa shape index (κ1) is 14.3. The maximum atomic E-state index is 9.11. The molecule has 1 unspecified atom stereocenters. The van der Waals surface area contributed by atoms with Gasteiger partial charge in [-0.2, -0.15) is 0 Å². The van der Waals surface area contributed by atoms with Crippen LogP contribution in [0.1, 0.15) is 24.8 Å². The maximum Gasteiger partial charge on any atom is 0.128 e. The maximum absolute atomic E-state index is 9.11. The van der Waals surface area contributed by atoms with E-state index in [1.165, 1.54) is 12.8 Å². The van der Waals surface area contributed by atoms with E-state index in [4.69, 9.17) is 10.8 Å². The number of nitrogens with zero attached hydrogens (tertiary/aromatic N) is 2. The molecular weight excluding hydrogens is 262 g/mol. The summed E-state index contributed by atoms with van der Waals surface area (Å²) in [6, 6.07) is 10.2. The zero-order valence-electron chi connectivity index (χ0n) is 12.3. The van der Waals surface area contributed by atoms with Crippen LogP contribution in [0.2, 0.25) is 0 Å². The van der Waals surface area contributed by atoms with Crippen LogP contribution in [0.25, 0.3) is 10.9 Å². The van der Waals surface area contributed by atoms with Crippen molar-refractivity contribution in [1.82, 2.24) is 9.88 Å². The van der Waals surface area contributed by atoms with Crippen LogP contribution in [-0.2, 0) is 6.54 Å². The van der Waals surface area contributed by atoms with Crippen LogP contribution in [0.5, 0.6) is 0 Å². The van der Waals surface area contributed by atoms with Crippen molar-refractivity contribution in [3.8, 4) is 0 Å². The van der Waals surface area contributed by atoms with E-state index in [1.807, 2.05) is 18.2 Å². The Bertz CT molecular complexity index is 612. The molecule has 1 saturated heterocycles. The zero-order chi connectivity index (χ0) is 14.7. The molecule has 112 valence electrons. The molecule has 4 nitrogen and oxygen atoms in total. The van der Waals surface area contributed by atoms with Crippen LogP contribution >= 0.6 is 0 Å². The van der Waals surface area contributed by atoms with Gasteiger partial charge in [-0.1, -0.05) is 18.2 Å². The third-order valence-electron chi connectivity index (χ3n) is 4.37. The molecule has 1 aliphatic heterocycles. The van der Waals surface area contributed by atoms with Crippen molar-refractivity contribution in [2.75, 3.05) is 25.4 Å². The average Bonchev–Trinajstić information content (AvgIpc) is 2.49. The highest BCUT2D eigenvalue weighted by Gasteiger charge is 2.20. The Hall–Kier alpha value is -1.65. The number of likely N-dealkylation sites (tertiary alicyclic amines) is 1. The highest BCUT2D eigenvalue weighted by molar-refractivity contribution is 5.81. The fraction of sp³-hybridized carbons (Fsp3) is 0.471. The van der Waals surface area contributed by atoms with Gasteiger partial charge in [0.25, 0.3) is 0 Å². The third kappa shape index (κ3) is 3.34. The van der Waals surface area contributed by atoms with Gasteiger partial charge < -0.3 is 10.8 Å². The van der Waals surface area contributed by atoms with Crippen molar-refractivity contribution in [1.29, 1.82) is 0 Å². The summed E-state index contributed by atoms with van der Waals surface area (Å²) in [5, 5.41) is 10.3.